The van der Waals surface area contributed by atoms with E-state index in [1.165, 1.54) is 4.31 Å². The fourth-order valence-corrected chi connectivity index (χ4v) is 4.40. The molecule has 1 aliphatic heterocycles. The van der Waals surface area contributed by atoms with Crippen LogP contribution in [0.2, 0.25) is 0 Å². The van der Waals surface area contributed by atoms with Crippen LogP contribution in [0.15, 0.2) is 39.8 Å². The average molecular weight is 322 g/mol. The van der Waals surface area contributed by atoms with Crippen molar-refractivity contribution in [3.63, 3.8) is 0 Å². The maximum absolute atomic E-state index is 12.8. The lowest BCUT2D eigenvalue weighted by molar-refractivity contribution is -0.00258. The van der Waals surface area contributed by atoms with Crippen LogP contribution >= 0.6 is 0 Å². The summed E-state index contributed by atoms with van der Waals surface area (Å²) < 4.78 is 37.8. The van der Waals surface area contributed by atoms with Gasteiger partial charge >= 0.3 is 0 Å². The number of rotatable bonds is 3. The minimum atomic E-state index is -3.62. The number of sulfonamides is 1. The molecule has 0 amide bonds. The Labute approximate surface area is 129 Å². The molecule has 1 fully saturated rings. The largest absolute Gasteiger partial charge is 0.371 e. The monoisotopic (exact) mass is 322 g/mol. The van der Waals surface area contributed by atoms with E-state index >= 15 is 0 Å². The summed E-state index contributed by atoms with van der Waals surface area (Å²) in [5.41, 5.74) is 1.36. The van der Waals surface area contributed by atoms with Crippen molar-refractivity contribution < 1.29 is 17.7 Å². The summed E-state index contributed by atoms with van der Waals surface area (Å²) in [6, 6.07) is 9.64. The highest BCUT2D eigenvalue weighted by Gasteiger charge is 2.35. The maximum atomic E-state index is 12.8. The summed E-state index contributed by atoms with van der Waals surface area (Å²) in [6.07, 6.45) is -0.259. The van der Waals surface area contributed by atoms with Crippen LogP contribution in [-0.2, 0) is 14.8 Å². The Balaban J connectivity index is 1.89. The molecule has 0 spiro atoms. The predicted octanol–water partition coefficient (Wildman–Crippen LogP) is 2.05. The van der Waals surface area contributed by atoms with E-state index in [0.29, 0.717) is 24.6 Å². The van der Waals surface area contributed by atoms with Crippen molar-refractivity contribution in [2.45, 2.75) is 24.8 Å². The van der Waals surface area contributed by atoms with Gasteiger partial charge in [0.2, 0.25) is 10.0 Å². The van der Waals surface area contributed by atoms with Gasteiger partial charge in [0, 0.05) is 13.1 Å². The first-order valence-electron chi connectivity index (χ1n) is 7.09. The first-order chi connectivity index (χ1) is 10.5. The van der Waals surface area contributed by atoms with Crippen LogP contribution in [0, 0.1) is 13.8 Å². The molecule has 7 heteroatoms. The lowest BCUT2D eigenvalue weighted by atomic mass is 10.1. The SMILES string of the molecule is Cc1noc(C)c1S(=O)(=O)N1CCOC(c2ccccc2)C1. The number of aryl methyl sites for hydroxylation is 2. The van der Waals surface area contributed by atoms with Crippen LogP contribution < -0.4 is 0 Å². The van der Waals surface area contributed by atoms with Gasteiger partial charge in [-0.3, -0.25) is 0 Å². The van der Waals surface area contributed by atoms with Gasteiger partial charge in [0.1, 0.15) is 10.6 Å². The number of benzene rings is 1. The zero-order valence-corrected chi connectivity index (χ0v) is 13.3. The number of hydrogen-bond donors (Lipinski definition) is 0. The van der Waals surface area contributed by atoms with Crippen molar-refractivity contribution in [1.29, 1.82) is 0 Å². The highest BCUT2D eigenvalue weighted by molar-refractivity contribution is 7.89. The molecule has 118 valence electrons. The quantitative estimate of drug-likeness (QED) is 0.865. The second-order valence-corrected chi connectivity index (χ2v) is 7.16. The van der Waals surface area contributed by atoms with E-state index in [2.05, 4.69) is 5.16 Å². The third kappa shape index (κ3) is 2.67. The Kier molecular flexibility index (Phi) is 4.03. The summed E-state index contributed by atoms with van der Waals surface area (Å²) in [4.78, 5) is 0.168. The number of hydrogen-bond acceptors (Lipinski definition) is 5. The Morgan fingerprint density at radius 3 is 2.59 bits per heavy atom. The summed E-state index contributed by atoms with van der Waals surface area (Å²) in [5, 5.41) is 3.74. The van der Waals surface area contributed by atoms with Gasteiger partial charge in [0.25, 0.3) is 0 Å². The van der Waals surface area contributed by atoms with Crippen molar-refractivity contribution in [2.75, 3.05) is 19.7 Å². The van der Waals surface area contributed by atoms with Gasteiger partial charge in [-0.15, -0.1) is 0 Å². The molecular weight excluding hydrogens is 304 g/mol. The van der Waals surface area contributed by atoms with E-state index in [4.69, 9.17) is 9.26 Å². The topological polar surface area (TPSA) is 72.6 Å². The van der Waals surface area contributed by atoms with E-state index in [-0.39, 0.29) is 17.5 Å². The summed E-state index contributed by atoms with van der Waals surface area (Å²) in [5.74, 6) is 0.320. The second kappa shape index (κ2) is 5.83. The van der Waals surface area contributed by atoms with Crippen LogP contribution in [-0.4, -0.2) is 37.6 Å². The smallest absolute Gasteiger partial charge is 0.248 e. The molecule has 1 aliphatic rings. The van der Waals surface area contributed by atoms with Crippen molar-refractivity contribution in [1.82, 2.24) is 9.46 Å². The summed E-state index contributed by atoms with van der Waals surface area (Å²) in [6.45, 7) is 4.23. The lowest BCUT2D eigenvalue weighted by Gasteiger charge is -2.32. The molecule has 0 N–H and O–H groups in total. The third-order valence-corrected chi connectivity index (χ3v) is 5.88. The van der Waals surface area contributed by atoms with E-state index in [1.807, 2.05) is 30.3 Å². The standard InChI is InChI=1S/C15H18N2O4S/c1-11-15(12(2)21-16-11)22(18,19)17-8-9-20-14(10-17)13-6-4-3-5-7-13/h3-7,14H,8-10H2,1-2H3. The third-order valence-electron chi connectivity index (χ3n) is 3.77. The minimum absolute atomic E-state index is 0.168. The summed E-state index contributed by atoms with van der Waals surface area (Å²) in [7, 11) is -3.62. The van der Waals surface area contributed by atoms with Crippen LogP contribution in [0.1, 0.15) is 23.1 Å². The first-order valence-corrected chi connectivity index (χ1v) is 8.53. The molecular formula is C15H18N2O4S. The molecule has 22 heavy (non-hydrogen) atoms. The molecule has 3 rings (SSSR count). The molecule has 6 nitrogen and oxygen atoms in total. The average Bonchev–Trinajstić information content (AvgIpc) is 2.88. The fourth-order valence-electron chi connectivity index (χ4n) is 2.69. The van der Waals surface area contributed by atoms with Gasteiger partial charge < -0.3 is 9.26 Å². The van der Waals surface area contributed by atoms with E-state index in [9.17, 15) is 8.42 Å². The number of morpholine rings is 1. The molecule has 0 bridgehead atoms. The minimum Gasteiger partial charge on any atom is -0.371 e. The number of aromatic nitrogens is 1. The van der Waals surface area contributed by atoms with E-state index < -0.39 is 10.0 Å². The molecule has 0 aliphatic carbocycles. The highest BCUT2D eigenvalue weighted by atomic mass is 32.2. The van der Waals surface area contributed by atoms with Crippen molar-refractivity contribution >= 4 is 10.0 Å². The molecule has 1 atom stereocenters. The Bertz CT molecular complexity index is 736. The molecule has 1 saturated heterocycles. The van der Waals surface area contributed by atoms with Gasteiger partial charge in [-0.05, 0) is 19.4 Å². The maximum Gasteiger partial charge on any atom is 0.248 e. The number of nitrogens with zero attached hydrogens (tertiary/aromatic N) is 2. The summed E-state index contributed by atoms with van der Waals surface area (Å²) >= 11 is 0. The zero-order valence-electron chi connectivity index (χ0n) is 12.5. The molecule has 1 aromatic carbocycles. The van der Waals surface area contributed by atoms with Gasteiger partial charge in [0.05, 0.1) is 12.7 Å². The Hall–Kier alpha value is -1.70. The van der Waals surface area contributed by atoms with E-state index in [1.54, 1.807) is 13.8 Å². The predicted molar refractivity (Wildman–Crippen MR) is 79.9 cm³/mol. The Morgan fingerprint density at radius 2 is 1.95 bits per heavy atom. The van der Waals surface area contributed by atoms with Crippen LogP contribution in [0.4, 0.5) is 0 Å². The van der Waals surface area contributed by atoms with Crippen LogP contribution in [0.25, 0.3) is 0 Å². The van der Waals surface area contributed by atoms with Crippen LogP contribution in [0.3, 0.4) is 0 Å². The van der Waals surface area contributed by atoms with E-state index in [0.717, 1.165) is 5.56 Å². The van der Waals surface area contributed by atoms with Gasteiger partial charge in [-0.1, -0.05) is 35.5 Å². The molecule has 2 heterocycles. The Morgan fingerprint density at radius 1 is 1.23 bits per heavy atom. The van der Waals surface area contributed by atoms with Gasteiger partial charge in [0.15, 0.2) is 5.76 Å². The molecule has 1 aromatic heterocycles. The molecule has 2 aromatic rings. The number of ether oxygens (including phenoxy) is 1. The normalized spacial score (nSPS) is 20.2. The highest BCUT2D eigenvalue weighted by Crippen LogP contribution is 2.29. The first kappa shape index (κ1) is 15.2. The van der Waals surface area contributed by atoms with Crippen molar-refractivity contribution in [2.24, 2.45) is 0 Å². The van der Waals surface area contributed by atoms with Gasteiger partial charge in [-0.2, -0.15) is 4.31 Å². The van der Waals surface area contributed by atoms with Crippen molar-refractivity contribution in [3.05, 3.63) is 47.3 Å². The zero-order chi connectivity index (χ0) is 15.7. The van der Waals surface area contributed by atoms with Crippen LogP contribution in [0.5, 0.6) is 0 Å². The van der Waals surface area contributed by atoms with Gasteiger partial charge in [-0.25, -0.2) is 8.42 Å². The molecule has 0 saturated carbocycles. The lowest BCUT2D eigenvalue weighted by Crippen LogP contribution is -2.42. The fraction of sp³-hybridized carbons (Fsp3) is 0.400. The second-order valence-electron chi connectivity index (χ2n) is 5.29. The molecule has 1 unspecified atom stereocenters. The van der Waals surface area contributed by atoms with Crippen molar-refractivity contribution in [3.8, 4) is 0 Å². The molecule has 0 radical (unpaired) electrons.